The number of pyridine rings is 1. The van der Waals surface area contributed by atoms with Crippen molar-refractivity contribution in [2.24, 2.45) is 0 Å². The van der Waals surface area contributed by atoms with E-state index >= 15 is 0 Å². The Balaban J connectivity index is 3.18. The van der Waals surface area contributed by atoms with E-state index in [0.29, 0.717) is 0 Å². The highest BCUT2D eigenvalue weighted by Gasteiger charge is 2.24. The van der Waals surface area contributed by atoms with Gasteiger partial charge >= 0.3 is 5.97 Å². The fourth-order valence-electron chi connectivity index (χ4n) is 1.52. The van der Waals surface area contributed by atoms with E-state index in [9.17, 15) is 19.7 Å². The Kier molecular flexibility index (Phi) is 4.68. The van der Waals surface area contributed by atoms with E-state index in [0.717, 1.165) is 6.20 Å². The zero-order valence-corrected chi connectivity index (χ0v) is 10.9. The maximum atomic E-state index is 11.6. The van der Waals surface area contributed by atoms with Crippen molar-refractivity contribution in [2.75, 3.05) is 6.61 Å². The third-order valence-electron chi connectivity index (χ3n) is 2.56. The summed E-state index contributed by atoms with van der Waals surface area (Å²) >= 11 is 0. The van der Waals surface area contributed by atoms with E-state index in [-0.39, 0.29) is 23.6 Å². The van der Waals surface area contributed by atoms with Gasteiger partial charge < -0.3 is 4.74 Å². The number of nitrogens with zero attached hydrogens (tertiary/aromatic N) is 2. The van der Waals surface area contributed by atoms with Crippen LogP contribution in [0.5, 0.6) is 0 Å². The fourth-order valence-corrected chi connectivity index (χ4v) is 1.52. The van der Waals surface area contributed by atoms with Crippen LogP contribution in [0.15, 0.2) is 12.3 Å². The van der Waals surface area contributed by atoms with Crippen molar-refractivity contribution in [2.45, 2.75) is 26.7 Å². The van der Waals surface area contributed by atoms with Crippen LogP contribution in [0, 0.1) is 10.1 Å². The molecule has 0 aliphatic heterocycles. The molecule has 102 valence electrons. The van der Waals surface area contributed by atoms with Crippen LogP contribution in [0.3, 0.4) is 0 Å². The minimum atomic E-state index is -0.682. The quantitative estimate of drug-likeness (QED) is 0.349. The Morgan fingerprint density at radius 3 is 2.63 bits per heavy atom. The number of hydrogen-bond acceptors (Lipinski definition) is 6. The Hall–Kier alpha value is -2.31. The van der Waals surface area contributed by atoms with Gasteiger partial charge in [0.15, 0.2) is 5.78 Å². The van der Waals surface area contributed by atoms with Gasteiger partial charge in [-0.25, -0.2) is 0 Å². The highest BCUT2D eigenvalue weighted by molar-refractivity contribution is 5.98. The predicted octanol–water partition coefficient (Wildman–Crippen LogP) is 1.86. The molecule has 0 aliphatic rings. The second-order valence-corrected chi connectivity index (χ2v) is 3.91. The lowest BCUT2D eigenvalue weighted by Gasteiger charge is -2.10. The summed E-state index contributed by atoms with van der Waals surface area (Å²) in [5.74, 6) is -1.62. The van der Waals surface area contributed by atoms with Crippen molar-refractivity contribution >= 4 is 17.4 Å². The third-order valence-corrected chi connectivity index (χ3v) is 2.56. The van der Waals surface area contributed by atoms with Crippen molar-refractivity contribution in [1.82, 2.24) is 4.98 Å². The molecular formula is C12H14N2O5. The van der Waals surface area contributed by atoms with Crippen LogP contribution >= 0.6 is 0 Å². The van der Waals surface area contributed by atoms with Crippen molar-refractivity contribution in [3.63, 3.8) is 0 Å². The standard InChI is InChI=1S/C12H14N2O5/c1-4-19-12(16)7(2)10-5-9(8(3)15)11(6-13-10)14(17)18/h5-7H,4H2,1-3H3. The van der Waals surface area contributed by atoms with Gasteiger partial charge in [0.2, 0.25) is 0 Å². The summed E-state index contributed by atoms with van der Waals surface area (Å²) in [4.78, 5) is 36.9. The lowest BCUT2D eigenvalue weighted by Crippen LogP contribution is -2.15. The smallest absolute Gasteiger partial charge is 0.314 e. The Bertz CT molecular complexity index is 527. The van der Waals surface area contributed by atoms with E-state index in [1.54, 1.807) is 13.8 Å². The molecule has 1 unspecified atom stereocenters. The SMILES string of the molecule is CCOC(=O)C(C)c1cc(C(C)=O)c([N+](=O)[O-])cn1. The van der Waals surface area contributed by atoms with Gasteiger partial charge in [0, 0.05) is 0 Å². The summed E-state index contributed by atoms with van der Waals surface area (Å²) in [6, 6.07) is 1.27. The molecule has 1 aromatic heterocycles. The molecule has 1 aromatic rings. The van der Waals surface area contributed by atoms with Gasteiger partial charge in [0.05, 0.1) is 28.7 Å². The van der Waals surface area contributed by atoms with Gasteiger partial charge in [0.25, 0.3) is 5.69 Å². The molecule has 0 N–H and O–H groups in total. The van der Waals surface area contributed by atoms with Gasteiger partial charge in [-0.15, -0.1) is 0 Å². The molecule has 0 fully saturated rings. The number of esters is 1. The lowest BCUT2D eigenvalue weighted by molar-refractivity contribution is -0.385. The first-order chi connectivity index (χ1) is 8.88. The van der Waals surface area contributed by atoms with Gasteiger partial charge in [0.1, 0.15) is 6.20 Å². The zero-order valence-electron chi connectivity index (χ0n) is 10.9. The molecule has 0 saturated heterocycles. The number of rotatable bonds is 5. The molecule has 1 atom stereocenters. The molecule has 7 heteroatoms. The molecule has 7 nitrogen and oxygen atoms in total. The Labute approximate surface area is 109 Å². The van der Waals surface area contributed by atoms with Crippen molar-refractivity contribution in [1.29, 1.82) is 0 Å². The number of aromatic nitrogens is 1. The van der Waals surface area contributed by atoms with Gasteiger partial charge in [-0.2, -0.15) is 0 Å². The maximum Gasteiger partial charge on any atom is 0.314 e. The first-order valence-electron chi connectivity index (χ1n) is 5.70. The minimum absolute atomic E-state index is 0.0638. The number of hydrogen-bond donors (Lipinski definition) is 0. The van der Waals surface area contributed by atoms with Crippen molar-refractivity contribution in [3.05, 3.63) is 33.6 Å². The molecule has 1 heterocycles. The molecule has 0 bridgehead atoms. The summed E-state index contributed by atoms with van der Waals surface area (Å²) in [6.07, 6.45) is 0.988. The molecule has 0 aliphatic carbocycles. The van der Waals surface area contributed by atoms with Crippen LogP contribution in [-0.2, 0) is 9.53 Å². The Morgan fingerprint density at radius 2 is 2.16 bits per heavy atom. The molecule has 0 amide bonds. The van der Waals surface area contributed by atoms with Gasteiger partial charge in [-0.05, 0) is 26.8 Å². The second-order valence-electron chi connectivity index (χ2n) is 3.91. The molecule has 0 spiro atoms. The van der Waals surface area contributed by atoms with Crippen LogP contribution in [0.4, 0.5) is 5.69 Å². The normalized spacial score (nSPS) is 11.7. The number of ether oxygens (including phenoxy) is 1. The molecule has 0 aromatic carbocycles. The predicted molar refractivity (Wildman–Crippen MR) is 65.9 cm³/mol. The van der Waals surface area contributed by atoms with Crippen LogP contribution in [0.1, 0.15) is 42.7 Å². The third kappa shape index (κ3) is 3.34. The molecule has 0 saturated carbocycles. The first kappa shape index (κ1) is 14.7. The van der Waals surface area contributed by atoms with Gasteiger partial charge in [-0.1, -0.05) is 0 Å². The van der Waals surface area contributed by atoms with E-state index < -0.39 is 22.6 Å². The number of carbonyl (C=O) groups is 2. The number of carbonyl (C=O) groups excluding carboxylic acids is 2. The van der Waals surface area contributed by atoms with E-state index in [1.807, 2.05) is 0 Å². The minimum Gasteiger partial charge on any atom is -0.465 e. The topological polar surface area (TPSA) is 99.4 Å². The molecule has 0 radical (unpaired) electrons. The van der Waals surface area contributed by atoms with Gasteiger partial charge in [-0.3, -0.25) is 24.7 Å². The second kappa shape index (κ2) is 6.03. The van der Waals surface area contributed by atoms with E-state index in [1.165, 1.54) is 13.0 Å². The highest BCUT2D eigenvalue weighted by atomic mass is 16.6. The molecular weight excluding hydrogens is 252 g/mol. The van der Waals surface area contributed by atoms with Crippen LogP contribution < -0.4 is 0 Å². The van der Waals surface area contributed by atoms with E-state index in [4.69, 9.17) is 4.74 Å². The van der Waals surface area contributed by atoms with Crippen molar-refractivity contribution < 1.29 is 19.2 Å². The van der Waals surface area contributed by atoms with E-state index in [2.05, 4.69) is 4.98 Å². The summed E-state index contributed by atoms with van der Waals surface area (Å²) in [5, 5.41) is 10.8. The summed E-state index contributed by atoms with van der Waals surface area (Å²) in [6.45, 7) is 4.70. The lowest BCUT2D eigenvalue weighted by atomic mass is 10.0. The Morgan fingerprint density at radius 1 is 1.53 bits per heavy atom. The summed E-state index contributed by atoms with van der Waals surface area (Å²) in [7, 11) is 0. The monoisotopic (exact) mass is 266 g/mol. The van der Waals surface area contributed by atoms with Crippen LogP contribution in [-0.4, -0.2) is 28.3 Å². The maximum absolute atomic E-state index is 11.6. The molecule has 1 rings (SSSR count). The average molecular weight is 266 g/mol. The highest BCUT2D eigenvalue weighted by Crippen LogP contribution is 2.23. The van der Waals surface area contributed by atoms with Crippen LogP contribution in [0.2, 0.25) is 0 Å². The number of Topliss-reactive ketones (excluding diaryl/α,β-unsaturated/α-hetero) is 1. The number of ketones is 1. The number of nitro groups is 1. The van der Waals surface area contributed by atoms with Crippen molar-refractivity contribution in [3.8, 4) is 0 Å². The summed E-state index contributed by atoms with van der Waals surface area (Å²) < 4.78 is 4.84. The largest absolute Gasteiger partial charge is 0.465 e. The van der Waals surface area contributed by atoms with Crippen LogP contribution in [0.25, 0.3) is 0 Å². The fraction of sp³-hybridized carbons (Fsp3) is 0.417. The summed E-state index contributed by atoms with van der Waals surface area (Å²) in [5.41, 5.74) is -0.160. The zero-order chi connectivity index (χ0) is 14.6. The molecule has 19 heavy (non-hydrogen) atoms. The first-order valence-corrected chi connectivity index (χ1v) is 5.70. The average Bonchev–Trinajstić information content (AvgIpc) is 2.37.